The third-order valence-electron chi connectivity index (χ3n) is 5.00. The van der Waals surface area contributed by atoms with E-state index in [0.717, 1.165) is 38.4 Å². The molecule has 2 heterocycles. The number of piperidine rings is 2. The van der Waals surface area contributed by atoms with E-state index >= 15 is 0 Å². The lowest BCUT2D eigenvalue weighted by Gasteiger charge is -2.32. The Morgan fingerprint density at radius 3 is 2.48 bits per heavy atom. The average molecular weight is 295 g/mol. The molecule has 2 aliphatic rings. The number of carbonyl (C=O) groups is 1. The smallest absolute Gasteiger partial charge is 0.223 e. The number of hydrogen-bond donors (Lipinski definition) is 2. The third-order valence-corrected chi connectivity index (χ3v) is 5.00. The van der Waals surface area contributed by atoms with E-state index in [1.165, 1.54) is 38.9 Å². The van der Waals surface area contributed by atoms with E-state index < -0.39 is 0 Å². The summed E-state index contributed by atoms with van der Waals surface area (Å²) in [5.41, 5.74) is 0. The Balaban J connectivity index is 1.59. The van der Waals surface area contributed by atoms with Crippen LogP contribution in [0.3, 0.4) is 0 Å². The molecule has 0 bridgehead atoms. The van der Waals surface area contributed by atoms with E-state index in [2.05, 4.69) is 29.4 Å². The van der Waals surface area contributed by atoms with Crippen LogP contribution < -0.4 is 10.6 Å². The maximum Gasteiger partial charge on any atom is 0.223 e. The Hall–Kier alpha value is -0.610. The fourth-order valence-electron chi connectivity index (χ4n) is 3.33. The lowest BCUT2D eigenvalue weighted by atomic mass is 9.94. The third kappa shape index (κ3) is 5.95. The topological polar surface area (TPSA) is 44.4 Å². The van der Waals surface area contributed by atoms with E-state index in [1.807, 2.05) is 0 Å². The molecule has 0 aromatic rings. The summed E-state index contributed by atoms with van der Waals surface area (Å²) in [7, 11) is 0. The predicted molar refractivity (Wildman–Crippen MR) is 87.2 cm³/mol. The molecular formula is C17H33N3O. The Morgan fingerprint density at radius 1 is 1.19 bits per heavy atom. The normalized spacial score (nSPS) is 22.6. The van der Waals surface area contributed by atoms with Crippen LogP contribution in [0.4, 0.5) is 0 Å². The molecule has 2 fully saturated rings. The maximum absolute atomic E-state index is 12.1. The van der Waals surface area contributed by atoms with Gasteiger partial charge in [-0.05, 0) is 76.7 Å². The molecule has 0 spiro atoms. The number of likely N-dealkylation sites (tertiary alicyclic amines) is 1. The highest BCUT2D eigenvalue weighted by Crippen LogP contribution is 2.18. The Kier molecular flexibility index (Phi) is 6.97. The highest BCUT2D eigenvalue weighted by molar-refractivity contribution is 5.78. The Bertz CT molecular complexity index is 305. The minimum absolute atomic E-state index is 0.248. The lowest BCUT2D eigenvalue weighted by molar-refractivity contribution is -0.126. The summed E-state index contributed by atoms with van der Waals surface area (Å²) in [5, 5.41) is 6.52. The first-order valence-corrected chi connectivity index (χ1v) is 8.86. The second-order valence-corrected chi connectivity index (χ2v) is 7.24. The molecule has 4 heteroatoms. The molecule has 0 atom stereocenters. The van der Waals surface area contributed by atoms with Gasteiger partial charge in [0.15, 0.2) is 0 Å². The molecule has 2 N–H and O–H groups in total. The Labute approximate surface area is 130 Å². The van der Waals surface area contributed by atoms with Crippen LogP contribution in [0.5, 0.6) is 0 Å². The summed E-state index contributed by atoms with van der Waals surface area (Å²) in [6, 6.07) is 0. The van der Waals surface area contributed by atoms with Crippen LogP contribution in [0, 0.1) is 17.8 Å². The van der Waals surface area contributed by atoms with Crippen molar-refractivity contribution >= 4 is 5.91 Å². The molecule has 4 nitrogen and oxygen atoms in total. The zero-order chi connectivity index (χ0) is 15.1. The highest BCUT2D eigenvalue weighted by atomic mass is 16.1. The molecule has 2 rings (SSSR count). The predicted octanol–water partition coefficient (Wildman–Crippen LogP) is 1.86. The van der Waals surface area contributed by atoms with Gasteiger partial charge in [-0.1, -0.05) is 13.8 Å². The van der Waals surface area contributed by atoms with Gasteiger partial charge < -0.3 is 15.5 Å². The minimum Gasteiger partial charge on any atom is -0.356 e. The van der Waals surface area contributed by atoms with Crippen LogP contribution in [-0.4, -0.2) is 50.1 Å². The van der Waals surface area contributed by atoms with Crippen LogP contribution in [0.15, 0.2) is 0 Å². The van der Waals surface area contributed by atoms with E-state index in [-0.39, 0.29) is 5.92 Å². The first kappa shape index (κ1) is 16.8. The van der Waals surface area contributed by atoms with Gasteiger partial charge in [-0.25, -0.2) is 0 Å². The first-order chi connectivity index (χ1) is 10.1. The van der Waals surface area contributed by atoms with Crippen LogP contribution in [0.1, 0.15) is 46.0 Å². The van der Waals surface area contributed by atoms with Crippen LogP contribution in [-0.2, 0) is 4.79 Å². The van der Waals surface area contributed by atoms with Crippen molar-refractivity contribution in [3.05, 3.63) is 0 Å². The summed E-state index contributed by atoms with van der Waals surface area (Å²) >= 11 is 0. The van der Waals surface area contributed by atoms with Gasteiger partial charge in [-0.3, -0.25) is 4.79 Å². The van der Waals surface area contributed by atoms with Crippen molar-refractivity contribution < 1.29 is 4.79 Å². The monoisotopic (exact) mass is 295 g/mol. The number of nitrogens with one attached hydrogen (secondary N) is 2. The summed E-state index contributed by atoms with van der Waals surface area (Å²) in [6.07, 6.45) is 5.78. The lowest BCUT2D eigenvalue weighted by Crippen LogP contribution is -2.42. The molecule has 0 saturated carbocycles. The van der Waals surface area contributed by atoms with Crippen molar-refractivity contribution in [2.45, 2.75) is 46.0 Å². The number of rotatable bonds is 6. The van der Waals surface area contributed by atoms with Crippen LogP contribution in [0.2, 0.25) is 0 Å². The summed E-state index contributed by atoms with van der Waals surface area (Å²) in [5.74, 6) is 2.02. The second-order valence-electron chi connectivity index (χ2n) is 7.24. The molecule has 0 aromatic carbocycles. The summed E-state index contributed by atoms with van der Waals surface area (Å²) < 4.78 is 0. The average Bonchev–Trinajstić information content (AvgIpc) is 2.52. The molecule has 0 aromatic heterocycles. The quantitative estimate of drug-likeness (QED) is 0.786. The van der Waals surface area contributed by atoms with Crippen molar-refractivity contribution in [2.24, 2.45) is 17.8 Å². The maximum atomic E-state index is 12.1. The van der Waals surface area contributed by atoms with E-state index in [0.29, 0.717) is 11.8 Å². The molecule has 2 saturated heterocycles. The molecule has 0 aliphatic carbocycles. The van der Waals surface area contributed by atoms with Crippen molar-refractivity contribution in [3.8, 4) is 0 Å². The van der Waals surface area contributed by atoms with Crippen molar-refractivity contribution in [2.75, 3.05) is 39.3 Å². The van der Waals surface area contributed by atoms with Crippen molar-refractivity contribution in [1.82, 2.24) is 15.5 Å². The SMILES string of the molecule is CC(C)CCN1CCC(CNC(=O)C2CCNCC2)CC1. The van der Waals surface area contributed by atoms with Gasteiger partial charge in [0.1, 0.15) is 0 Å². The fourth-order valence-corrected chi connectivity index (χ4v) is 3.33. The zero-order valence-electron chi connectivity index (χ0n) is 13.9. The van der Waals surface area contributed by atoms with E-state index in [4.69, 9.17) is 0 Å². The van der Waals surface area contributed by atoms with Gasteiger partial charge in [0.25, 0.3) is 0 Å². The minimum atomic E-state index is 0.248. The molecular weight excluding hydrogens is 262 g/mol. The number of amides is 1. The van der Waals surface area contributed by atoms with Gasteiger partial charge in [-0.15, -0.1) is 0 Å². The number of hydrogen-bond acceptors (Lipinski definition) is 3. The molecule has 21 heavy (non-hydrogen) atoms. The highest BCUT2D eigenvalue weighted by Gasteiger charge is 2.23. The molecule has 2 aliphatic heterocycles. The van der Waals surface area contributed by atoms with Crippen LogP contribution >= 0.6 is 0 Å². The molecule has 1 amide bonds. The fraction of sp³-hybridized carbons (Fsp3) is 0.941. The summed E-state index contributed by atoms with van der Waals surface area (Å²) in [6.45, 7) is 11.1. The van der Waals surface area contributed by atoms with E-state index in [9.17, 15) is 4.79 Å². The van der Waals surface area contributed by atoms with Crippen molar-refractivity contribution in [3.63, 3.8) is 0 Å². The standard InChI is InChI=1S/C17H33N3O/c1-14(2)5-10-20-11-6-15(7-12-20)13-19-17(21)16-3-8-18-9-4-16/h14-16,18H,3-13H2,1-2H3,(H,19,21). The number of carbonyl (C=O) groups excluding carboxylic acids is 1. The second kappa shape index (κ2) is 8.74. The first-order valence-electron chi connectivity index (χ1n) is 8.86. The van der Waals surface area contributed by atoms with Gasteiger partial charge in [0, 0.05) is 12.5 Å². The Morgan fingerprint density at radius 2 is 1.86 bits per heavy atom. The largest absolute Gasteiger partial charge is 0.356 e. The van der Waals surface area contributed by atoms with Gasteiger partial charge in [0.05, 0.1) is 0 Å². The van der Waals surface area contributed by atoms with E-state index in [1.54, 1.807) is 0 Å². The zero-order valence-corrected chi connectivity index (χ0v) is 13.9. The molecule has 122 valence electrons. The van der Waals surface area contributed by atoms with Gasteiger partial charge in [-0.2, -0.15) is 0 Å². The molecule has 0 unspecified atom stereocenters. The number of nitrogens with zero attached hydrogens (tertiary/aromatic N) is 1. The van der Waals surface area contributed by atoms with Gasteiger partial charge in [0.2, 0.25) is 5.91 Å². The van der Waals surface area contributed by atoms with Crippen molar-refractivity contribution in [1.29, 1.82) is 0 Å². The summed E-state index contributed by atoms with van der Waals surface area (Å²) in [4.78, 5) is 14.7. The van der Waals surface area contributed by atoms with Crippen LogP contribution in [0.25, 0.3) is 0 Å². The van der Waals surface area contributed by atoms with Gasteiger partial charge >= 0.3 is 0 Å². The molecule has 0 radical (unpaired) electrons.